The molecule has 0 heterocycles. The van der Waals surface area contributed by atoms with Crippen LogP contribution in [0.5, 0.6) is 5.75 Å². The lowest BCUT2D eigenvalue weighted by molar-refractivity contribution is -0.105. The van der Waals surface area contributed by atoms with E-state index in [4.69, 9.17) is 11.2 Å². The lowest BCUT2D eigenvalue weighted by atomic mass is 10.1. The molecule has 3 nitrogen and oxygen atoms in total. The van der Waals surface area contributed by atoms with E-state index in [1.54, 1.807) is 6.07 Å². The number of carbonyl (C=O) groups excluding carboxylic acids is 1. The van der Waals surface area contributed by atoms with E-state index >= 15 is 0 Å². The molecule has 0 atom stereocenters. The largest absolute Gasteiger partial charge is 0.481 e. The Hall–Kier alpha value is -1.95. The Labute approximate surface area is 89.4 Å². The number of amides is 1. The van der Waals surface area contributed by atoms with Crippen molar-refractivity contribution in [3.63, 3.8) is 0 Å². The van der Waals surface area contributed by atoms with Crippen LogP contribution in [0.3, 0.4) is 0 Å². The summed E-state index contributed by atoms with van der Waals surface area (Å²) in [6, 6.07) is 3.72. The van der Waals surface area contributed by atoms with Crippen molar-refractivity contribution in [2.45, 2.75) is 13.8 Å². The fourth-order valence-corrected chi connectivity index (χ4v) is 1.33. The zero-order valence-corrected chi connectivity index (χ0v) is 8.83. The molecule has 0 aliphatic rings. The van der Waals surface area contributed by atoms with Crippen LogP contribution in [-0.2, 0) is 4.79 Å². The molecule has 3 heteroatoms. The highest BCUT2D eigenvalue weighted by Gasteiger charge is 2.04. The second-order valence-corrected chi connectivity index (χ2v) is 3.19. The molecule has 0 bridgehead atoms. The van der Waals surface area contributed by atoms with Gasteiger partial charge in [0.05, 0.1) is 0 Å². The third-order valence-corrected chi connectivity index (χ3v) is 2.05. The molecule has 0 unspecified atom stereocenters. The smallest absolute Gasteiger partial charge is 0.211 e. The van der Waals surface area contributed by atoms with Gasteiger partial charge in [-0.05, 0) is 25.0 Å². The van der Waals surface area contributed by atoms with Gasteiger partial charge in [-0.3, -0.25) is 4.79 Å². The van der Waals surface area contributed by atoms with Gasteiger partial charge in [-0.2, -0.15) is 0 Å². The summed E-state index contributed by atoms with van der Waals surface area (Å²) in [4.78, 5) is 10.4. The number of anilines is 1. The van der Waals surface area contributed by atoms with Crippen LogP contribution in [0.4, 0.5) is 5.69 Å². The lowest BCUT2D eigenvalue weighted by Gasteiger charge is -2.11. The predicted molar refractivity (Wildman–Crippen MR) is 59.9 cm³/mol. The summed E-state index contributed by atoms with van der Waals surface area (Å²) < 4.78 is 5.34. The zero-order chi connectivity index (χ0) is 11.3. The van der Waals surface area contributed by atoms with Crippen molar-refractivity contribution < 1.29 is 9.53 Å². The van der Waals surface area contributed by atoms with Crippen molar-refractivity contribution in [3.8, 4) is 18.1 Å². The van der Waals surface area contributed by atoms with Crippen LogP contribution in [0.15, 0.2) is 12.1 Å². The maximum Gasteiger partial charge on any atom is 0.211 e. The van der Waals surface area contributed by atoms with Crippen molar-refractivity contribution >= 4 is 12.1 Å². The monoisotopic (exact) mass is 203 g/mol. The van der Waals surface area contributed by atoms with Gasteiger partial charge in [0.25, 0.3) is 0 Å². The highest BCUT2D eigenvalue weighted by molar-refractivity contribution is 5.74. The molecule has 1 amide bonds. The van der Waals surface area contributed by atoms with Crippen LogP contribution in [-0.4, -0.2) is 13.0 Å². The zero-order valence-electron chi connectivity index (χ0n) is 8.83. The number of hydrogen-bond donors (Lipinski definition) is 1. The van der Waals surface area contributed by atoms with E-state index < -0.39 is 0 Å². The van der Waals surface area contributed by atoms with Crippen molar-refractivity contribution in [1.29, 1.82) is 0 Å². The number of carbonyl (C=O) groups is 1. The molecule has 0 radical (unpaired) electrons. The van der Waals surface area contributed by atoms with E-state index in [0.29, 0.717) is 12.2 Å². The summed E-state index contributed by atoms with van der Waals surface area (Å²) in [7, 11) is 0. The topological polar surface area (TPSA) is 38.3 Å². The minimum Gasteiger partial charge on any atom is -0.481 e. The first-order chi connectivity index (χ1) is 7.19. The van der Waals surface area contributed by atoms with Crippen molar-refractivity contribution in [2.24, 2.45) is 0 Å². The summed E-state index contributed by atoms with van der Waals surface area (Å²) in [5.74, 6) is 3.09. The van der Waals surface area contributed by atoms with Crippen LogP contribution in [0.25, 0.3) is 0 Å². The average molecular weight is 203 g/mol. The lowest BCUT2D eigenvalue weighted by Crippen LogP contribution is -2.00. The highest BCUT2D eigenvalue weighted by Crippen LogP contribution is 2.26. The van der Waals surface area contributed by atoms with Crippen LogP contribution in [0.1, 0.15) is 11.1 Å². The van der Waals surface area contributed by atoms with E-state index in [9.17, 15) is 4.79 Å². The van der Waals surface area contributed by atoms with Gasteiger partial charge in [0.1, 0.15) is 12.4 Å². The molecule has 0 aromatic heterocycles. The van der Waals surface area contributed by atoms with Crippen LogP contribution in [0, 0.1) is 26.2 Å². The quantitative estimate of drug-likeness (QED) is 0.599. The molecular formula is C12H13NO2. The fraction of sp³-hybridized carbons (Fsp3) is 0.250. The first kappa shape index (κ1) is 11.1. The minimum atomic E-state index is 0.227. The molecule has 1 N–H and O–H groups in total. The van der Waals surface area contributed by atoms with E-state index in [0.717, 1.165) is 16.8 Å². The maximum absolute atomic E-state index is 10.4. The fourth-order valence-electron chi connectivity index (χ4n) is 1.33. The second kappa shape index (κ2) is 5.06. The molecule has 78 valence electrons. The third kappa shape index (κ3) is 2.75. The second-order valence-electron chi connectivity index (χ2n) is 3.19. The number of rotatable bonds is 4. The molecule has 0 aliphatic carbocycles. The summed E-state index contributed by atoms with van der Waals surface area (Å²) in [5.41, 5.74) is 2.73. The van der Waals surface area contributed by atoms with Gasteiger partial charge in [-0.15, -0.1) is 6.42 Å². The van der Waals surface area contributed by atoms with Gasteiger partial charge < -0.3 is 10.1 Å². The van der Waals surface area contributed by atoms with Crippen LogP contribution in [0.2, 0.25) is 0 Å². The molecule has 1 rings (SSSR count). The van der Waals surface area contributed by atoms with Crippen molar-refractivity contribution in [2.75, 3.05) is 11.9 Å². The molecule has 0 fully saturated rings. The molecule has 0 saturated heterocycles. The number of terminal acetylenes is 1. The first-order valence-electron chi connectivity index (χ1n) is 4.56. The van der Waals surface area contributed by atoms with E-state index in [-0.39, 0.29) is 6.61 Å². The molecular weight excluding hydrogens is 190 g/mol. The SMILES string of the molecule is C#CCOc1cc(NC=O)c(C)cc1C. The van der Waals surface area contributed by atoms with Crippen molar-refractivity contribution in [3.05, 3.63) is 23.3 Å². The normalized spacial score (nSPS) is 9.13. The maximum atomic E-state index is 10.4. The van der Waals surface area contributed by atoms with Crippen molar-refractivity contribution in [1.82, 2.24) is 0 Å². The summed E-state index contributed by atoms with van der Waals surface area (Å²) >= 11 is 0. The minimum absolute atomic E-state index is 0.227. The molecule has 0 spiro atoms. The molecule has 0 saturated carbocycles. The van der Waals surface area contributed by atoms with Gasteiger partial charge >= 0.3 is 0 Å². The standard InChI is InChI=1S/C12H13NO2/c1-4-5-15-12-7-11(13-8-14)9(2)6-10(12)3/h1,6-8H,5H2,2-3H3,(H,13,14). The predicted octanol–water partition coefficient (Wildman–Crippen LogP) is 1.88. The number of ether oxygens (including phenoxy) is 1. The molecule has 1 aromatic rings. The first-order valence-corrected chi connectivity index (χ1v) is 4.56. The summed E-state index contributed by atoms with van der Waals surface area (Å²) in [6.45, 7) is 4.08. The number of benzene rings is 1. The Morgan fingerprint density at radius 2 is 2.20 bits per heavy atom. The van der Waals surface area contributed by atoms with Gasteiger partial charge in [0.2, 0.25) is 6.41 Å². The number of hydrogen-bond acceptors (Lipinski definition) is 2. The van der Waals surface area contributed by atoms with Gasteiger partial charge in [-0.25, -0.2) is 0 Å². The summed E-state index contributed by atoms with van der Waals surface area (Å²) in [5, 5.41) is 2.61. The summed E-state index contributed by atoms with van der Waals surface area (Å²) in [6.07, 6.45) is 5.75. The molecule has 15 heavy (non-hydrogen) atoms. The Balaban J connectivity index is 3.01. The van der Waals surface area contributed by atoms with Gasteiger partial charge in [0, 0.05) is 11.8 Å². The Bertz CT molecular complexity index is 405. The molecule has 1 aromatic carbocycles. The number of aryl methyl sites for hydroxylation is 2. The Morgan fingerprint density at radius 3 is 2.80 bits per heavy atom. The van der Waals surface area contributed by atoms with Crippen LogP contribution >= 0.6 is 0 Å². The van der Waals surface area contributed by atoms with E-state index in [1.165, 1.54) is 0 Å². The Morgan fingerprint density at radius 1 is 1.47 bits per heavy atom. The van der Waals surface area contributed by atoms with E-state index in [1.807, 2.05) is 19.9 Å². The molecule has 0 aliphatic heterocycles. The Kier molecular flexibility index (Phi) is 3.75. The van der Waals surface area contributed by atoms with E-state index in [2.05, 4.69) is 11.2 Å². The van der Waals surface area contributed by atoms with Crippen LogP contribution < -0.4 is 10.1 Å². The van der Waals surface area contributed by atoms with Gasteiger partial charge in [0.15, 0.2) is 0 Å². The van der Waals surface area contributed by atoms with Gasteiger partial charge in [-0.1, -0.05) is 12.0 Å². The number of nitrogens with one attached hydrogen (secondary N) is 1. The third-order valence-electron chi connectivity index (χ3n) is 2.05. The average Bonchev–Trinajstić information content (AvgIpc) is 2.20. The highest BCUT2D eigenvalue weighted by atomic mass is 16.5.